The lowest BCUT2D eigenvalue weighted by Crippen LogP contribution is -2.48. The number of hydrogen-bond donors (Lipinski definition) is 4. The maximum atomic E-state index is 10.3. The van der Waals surface area contributed by atoms with Gasteiger partial charge in [-0.15, -0.1) is 0 Å². The molecular weight excluding hydrogens is 266 g/mol. The standard InChI is InChI=1S/C17H27NO3/c19-13-15(9-8-14-6-2-1-3-7-14)18-12-16(20)17(21)10-4-5-11-17/h1-3,6-7,15-16,18-21H,4-5,8-13H2/t15-,16?/m0/s1. The minimum atomic E-state index is -0.938. The van der Waals surface area contributed by atoms with E-state index in [1.54, 1.807) is 0 Å². The van der Waals surface area contributed by atoms with Crippen LogP contribution in [-0.2, 0) is 6.42 Å². The Morgan fingerprint density at radius 1 is 1.14 bits per heavy atom. The Morgan fingerprint density at radius 2 is 1.81 bits per heavy atom. The zero-order valence-corrected chi connectivity index (χ0v) is 12.5. The fraction of sp³-hybridized carbons (Fsp3) is 0.647. The first-order valence-electron chi connectivity index (χ1n) is 7.93. The van der Waals surface area contributed by atoms with Crippen molar-refractivity contribution in [3.8, 4) is 0 Å². The second-order valence-corrected chi connectivity index (χ2v) is 6.14. The summed E-state index contributed by atoms with van der Waals surface area (Å²) in [5, 5.41) is 33.1. The van der Waals surface area contributed by atoms with Gasteiger partial charge in [-0.25, -0.2) is 0 Å². The predicted octanol–water partition coefficient (Wildman–Crippen LogP) is 1.24. The quantitative estimate of drug-likeness (QED) is 0.582. The summed E-state index contributed by atoms with van der Waals surface area (Å²) in [6.07, 6.45) is 4.24. The third kappa shape index (κ3) is 4.78. The third-order valence-electron chi connectivity index (χ3n) is 4.53. The molecule has 0 bridgehead atoms. The minimum Gasteiger partial charge on any atom is -0.395 e. The summed E-state index contributed by atoms with van der Waals surface area (Å²) in [4.78, 5) is 0. The van der Waals surface area contributed by atoms with Gasteiger partial charge in [0.1, 0.15) is 0 Å². The lowest BCUT2D eigenvalue weighted by atomic mass is 9.94. The van der Waals surface area contributed by atoms with Crippen molar-refractivity contribution in [1.82, 2.24) is 5.32 Å². The molecule has 0 aliphatic heterocycles. The van der Waals surface area contributed by atoms with Crippen LogP contribution in [0.4, 0.5) is 0 Å². The van der Waals surface area contributed by atoms with Gasteiger partial charge in [-0.2, -0.15) is 0 Å². The van der Waals surface area contributed by atoms with Crippen LogP contribution in [0.5, 0.6) is 0 Å². The Hall–Kier alpha value is -0.940. The molecule has 1 aliphatic carbocycles. The number of nitrogens with one attached hydrogen (secondary N) is 1. The molecule has 4 nitrogen and oxygen atoms in total. The highest BCUT2D eigenvalue weighted by atomic mass is 16.3. The highest BCUT2D eigenvalue weighted by Gasteiger charge is 2.38. The molecule has 0 heterocycles. The van der Waals surface area contributed by atoms with Gasteiger partial charge in [0.05, 0.1) is 18.3 Å². The molecule has 118 valence electrons. The first-order valence-corrected chi connectivity index (χ1v) is 7.93. The van der Waals surface area contributed by atoms with Crippen LogP contribution in [-0.4, -0.2) is 46.2 Å². The van der Waals surface area contributed by atoms with Crippen molar-refractivity contribution in [2.45, 2.75) is 56.3 Å². The van der Waals surface area contributed by atoms with Crippen LogP contribution < -0.4 is 5.32 Å². The van der Waals surface area contributed by atoms with Crippen molar-refractivity contribution in [2.75, 3.05) is 13.2 Å². The van der Waals surface area contributed by atoms with Crippen LogP contribution in [0.1, 0.15) is 37.7 Å². The van der Waals surface area contributed by atoms with Crippen molar-refractivity contribution < 1.29 is 15.3 Å². The molecule has 0 amide bonds. The van der Waals surface area contributed by atoms with Crippen LogP contribution >= 0.6 is 0 Å². The zero-order valence-electron chi connectivity index (χ0n) is 12.5. The molecule has 1 aromatic rings. The van der Waals surface area contributed by atoms with Crippen LogP contribution in [0.3, 0.4) is 0 Å². The maximum Gasteiger partial charge on any atom is 0.0951 e. The molecule has 4 N–H and O–H groups in total. The predicted molar refractivity (Wildman–Crippen MR) is 83.1 cm³/mol. The van der Waals surface area contributed by atoms with Crippen LogP contribution in [0.15, 0.2) is 30.3 Å². The van der Waals surface area contributed by atoms with E-state index in [-0.39, 0.29) is 12.6 Å². The molecule has 1 aromatic carbocycles. The molecule has 1 fully saturated rings. The van der Waals surface area contributed by atoms with E-state index in [1.165, 1.54) is 5.56 Å². The van der Waals surface area contributed by atoms with Crippen molar-refractivity contribution >= 4 is 0 Å². The minimum absolute atomic E-state index is 0.0397. The van der Waals surface area contributed by atoms with Gasteiger partial charge in [-0.1, -0.05) is 43.2 Å². The maximum absolute atomic E-state index is 10.3. The lowest BCUT2D eigenvalue weighted by Gasteiger charge is -2.30. The van der Waals surface area contributed by atoms with Gasteiger partial charge < -0.3 is 20.6 Å². The third-order valence-corrected chi connectivity index (χ3v) is 4.53. The molecule has 1 unspecified atom stereocenters. The van der Waals surface area contributed by atoms with Gasteiger partial charge in [0.25, 0.3) is 0 Å². The average molecular weight is 293 g/mol. The zero-order chi connectivity index (χ0) is 15.1. The van der Waals surface area contributed by atoms with E-state index in [1.807, 2.05) is 18.2 Å². The normalized spacial score (nSPS) is 20.3. The average Bonchev–Trinajstić information content (AvgIpc) is 2.96. The molecule has 1 aliphatic rings. The number of aliphatic hydroxyl groups excluding tert-OH is 2. The number of aliphatic hydroxyl groups is 3. The van der Waals surface area contributed by atoms with Gasteiger partial charge in [0, 0.05) is 12.6 Å². The molecule has 0 saturated heterocycles. The van der Waals surface area contributed by atoms with Crippen molar-refractivity contribution in [3.05, 3.63) is 35.9 Å². The van der Waals surface area contributed by atoms with Gasteiger partial charge >= 0.3 is 0 Å². The molecule has 1 saturated carbocycles. The van der Waals surface area contributed by atoms with Gasteiger partial charge in [0.15, 0.2) is 0 Å². The fourth-order valence-corrected chi connectivity index (χ4v) is 3.03. The fourth-order valence-electron chi connectivity index (χ4n) is 3.03. The summed E-state index contributed by atoms with van der Waals surface area (Å²) in [6.45, 7) is 0.370. The summed E-state index contributed by atoms with van der Waals surface area (Å²) in [5.41, 5.74) is 0.305. The first kappa shape index (κ1) is 16.4. The summed E-state index contributed by atoms with van der Waals surface area (Å²) < 4.78 is 0. The van der Waals surface area contributed by atoms with E-state index in [0.717, 1.165) is 25.7 Å². The first-order chi connectivity index (χ1) is 10.1. The Balaban J connectivity index is 1.74. The second-order valence-electron chi connectivity index (χ2n) is 6.14. The van der Waals surface area contributed by atoms with Gasteiger partial charge in [-0.05, 0) is 31.2 Å². The SMILES string of the molecule is OC[C@H](CCc1ccccc1)NCC(O)C1(O)CCCC1. The largest absolute Gasteiger partial charge is 0.395 e. The monoisotopic (exact) mass is 293 g/mol. The molecule has 0 aromatic heterocycles. The highest BCUT2D eigenvalue weighted by Crippen LogP contribution is 2.32. The summed E-state index contributed by atoms with van der Waals surface area (Å²) >= 11 is 0. The van der Waals surface area contributed by atoms with E-state index < -0.39 is 11.7 Å². The van der Waals surface area contributed by atoms with Crippen LogP contribution in [0.25, 0.3) is 0 Å². The molecule has 2 rings (SSSR count). The van der Waals surface area contributed by atoms with Crippen LogP contribution in [0, 0.1) is 0 Å². The highest BCUT2D eigenvalue weighted by molar-refractivity contribution is 5.14. The molecule has 2 atom stereocenters. The van der Waals surface area contributed by atoms with E-state index in [9.17, 15) is 15.3 Å². The van der Waals surface area contributed by atoms with Crippen molar-refractivity contribution in [3.63, 3.8) is 0 Å². The molecule has 0 spiro atoms. The Labute approximate surface area is 126 Å². The van der Waals surface area contributed by atoms with Gasteiger partial charge in [-0.3, -0.25) is 0 Å². The lowest BCUT2D eigenvalue weighted by molar-refractivity contribution is -0.0694. The van der Waals surface area contributed by atoms with Crippen molar-refractivity contribution in [1.29, 1.82) is 0 Å². The Morgan fingerprint density at radius 3 is 2.43 bits per heavy atom. The van der Waals surface area contributed by atoms with Crippen LogP contribution in [0.2, 0.25) is 0 Å². The van der Waals surface area contributed by atoms with Gasteiger partial charge in [0.2, 0.25) is 0 Å². The Bertz CT molecular complexity index is 404. The number of rotatable bonds is 8. The molecule has 21 heavy (non-hydrogen) atoms. The number of hydrogen-bond acceptors (Lipinski definition) is 4. The number of benzene rings is 1. The summed E-state index contributed by atoms with van der Waals surface area (Å²) in [7, 11) is 0. The topological polar surface area (TPSA) is 72.7 Å². The number of aryl methyl sites for hydroxylation is 1. The van der Waals surface area contributed by atoms with Crippen molar-refractivity contribution in [2.24, 2.45) is 0 Å². The smallest absolute Gasteiger partial charge is 0.0951 e. The molecular formula is C17H27NO3. The van der Waals surface area contributed by atoms with E-state index in [2.05, 4.69) is 17.4 Å². The van der Waals surface area contributed by atoms with E-state index in [0.29, 0.717) is 19.4 Å². The molecule has 4 heteroatoms. The summed E-state index contributed by atoms with van der Waals surface area (Å²) in [5.74, 6) is 0. The summed E-state index contributed by atoms with van der Waals surface area (Å²) in [6, 6.07) is 10.1. The second kappa shape index (κ2) is 7.90. The Kier molecular flexibility index (Phi) is 6.18. The van der Waals surface area contributed by atoms with E-state index in [4.69, 9.17) is 0 Å². The van der Waals surface area contributed by atoms with E-state index >= 15 is 0 Å². The molecule has 0 radical (unpaired) electrons.